The van der Waals surface area contributed by atoms with Crippen LogP contribution in [0.5, 0.6) is 11.8 Å². The minimum absolute atomic E-state index is 0.125. The third-order valence-electron chi connectivity index (χ3n) is 4.06. The highest BCUT2D eigenvalue weighted by molar-refractivity contribution is 9.11. The molecule has 1 heterocycles. The molecule has 2 aromatic carbocycles. The standard InChI is InChI=1S/C19H16Br2ClN3O2/c1-3-11-5-4-6-13(17(11)22)10(2)27-19-23-9-16(24-25-19)12-7-14(20)18(26)15(21)8-12/h4-10,26H,3H2,1-2H3. The van der Waals surface area contributed by atoms with Gasteiger partial charge < -0.3 is 9.84 Å². The van der Waals surface area contributed by atoms with Crippen molar-refractivity contribution in [3.8, 4) is 23.0 Å². The predicted molar refractivity (Wildman–Crippen MR) is 112 cm³/mol. The van der Waals surface area contributed by atoms with E-state index in [0.717, 1.165) is 23.1 Å². The fourth-order valence-electron chi connectivity index (χ4n) is 2.57. The number of aromatic nitrogens is 3. The fraction of sp³-hybridized carbons (Fsp3) is 0.211. The Bertz CT molecular complexity index is 945. The average molecular weight is 514 g/mol. The Kier molecular flexibility index (Phi) is 6.34. The number of aromatic hydroxyl groups is 1. The summed E-state index contributed by atoms with van der Waals surface area (Å²) < 4.78 is 6.91. The van der Waals surface area contributed by atoms with Gasteiger partial charge in [0, 0.05) is 11.1 Å². The number of ether oxygens (including phenoxy) is 1. The summed E-state index contributed by atoms with van der Waals surface area (Å²) in [6, 6.07) is 9.54. The first-order valence-corrected chi connectivity index (χ1v) is 10.2. The maximum absolute atomic E-state index is 9.81. The number of phenolic OH excluding ortho intramolecular Hbond substituents is 1. The third-order valence-corrected chi connectivity index (χ3v) is 5.73. The first-order chi connectivity index (χ1) is 12.9. The van der Waals surface area contributed by atoms with E-state index in [9.17, 15) is 5.11 Å². The van der Waals surface area contributed by atoms with Gasteiger partial charge in [-0.05, 0) is 62.9 Å². The molecule has 3 rings (SSSR count). The fourth-order valence-corrected chi connectivity index (χ4v) is 4.17. The normalized spacial score (nSPS) is 12.0. The summed E-state index contributed by atoms with van der Waals surface area (Å²) >= 11 is 13.1. The molecular weight excluding hydrogens is 497 g/mol. The van der Waals surface area contributed by atoms with E-state index >= 15 is 0 Å². The molecule has 1 N–H and O–H groups in total. The zero-order valence-electron chi connectivity index (χ0n) is 14.6. The molecule has 1 unspecified atom stereocenters. The summed E-state index contributed by atoms with van der Waals surface area (Å²) in [7, 11) is 0. The molecule has 27 heavy (non-hydrogen) atoms. The lowest BCUT2D eigenvalue weighted by Crippen LogP contribution is -2.08. The van der Waals surface area contributed by atoms with Crippen molar-refractivity contribution in [2.45, 2.75) is 26.4 Å². The molecule has 140 valence electrons. The number of hydrogen-bond acceptors (Lipinski definition) is 5. The highest BCUT2D eigenvalue weighted by Crippen LogP contribution is 2.36. The first-order valence-electron chi connectivity index (χ1n) is 8.22. The summed E-state index contributed by atoms with van der Waals surface area (Å²) in [6.07, 6.45) is 2.11. The van der Waals surface area contributed by atoms with Crippen molar-refractivity contribution in [1.82, 2.24) is 15.2 Å². The summed E-state index contributed by atoms with van der Waals surface area (Å²) in [5, 5.41) is 18.7. The maximum atomic E-state index is 9.81. The van der Waals surface area contributed by atoms with E-state index in [2.05, 4.69) is 54.0 Å². The van der Waals surface area contributed by atoms with Crippen LogP contribution in [0.3, 0.4) is 0 Å². The lowest BCUT2D eigenvalue weighted by atomic mass is 10.1. The van der Waals surface area contributed by atoms with Gasteiger partial charge in [-0.25, -0.2) is 4.98 Å². The molecule has 0 bridgehead atoms. The highest BCUT2D eigenvalue weighted by Gasteiger charge is 2.16. The van der Waals surface area contributed by atoms with E-state index < -0.39 is 0 Å². The van der Waals surface area contributed by atoms with E-state index in [1.807, 2.05) is 25.1 Å². The maximum Gasteiger partial charge on any atom is 0.336 e. The zero-order valence-corrected chi connectivity index (χ0v) is 18.5. The molecule has 8 heteroatoms. The van der Waals surface area contributed by atoms with Crippen LogP contribution < -0.4 is 4.74 Å². The predicted octanol–water partition coefficient (Wildman–Crippen LogP) is 6.13. The molecule has 0 aliphatic carbocycles. The molecule has 3 aromatic rings. The van der Waals surface area contributed by atoms with Gasteiger partial charge in [0.1, 0.15) is 17.5 Å². The van der Waals surface area contributed by atoms with Gasteiger partial charge in [-0.1, -0.05) is 41.8 Å². The molecule has 0 saturated carbocycles. The van der Waals surface area contributed by atoms with Crippen LogP contribution in [-0.4, -0.2) is 20.3 Å². The van der Waals surface area contributed by atoms with Gasteiger partial charge in [0.15, 0.2) is 0 Å². The van der Waals surface area contributed by atoms with Crippen molar-refractivity contribution in [2.75, 3.05) is 0 Å². The van der Waals surface area contributed by atoms with Crippen LogP contribution in [0.4, 0.5) is 0 Å². The number of aryl methyl sites for hydroxylation is 1. The van der Waals surface area contributed by atoms with E-state index in [-0.39, 0.29) is 17.9 Å². The topological polar surface area (TPSA) is 68.1 Å². The van der Waals surface area contributed by atoms with Crippen molar-refractivity contribution in [3.63, 3.8) is 0 Å². The van der Waals surface area contributed by atoms with Crippen molar-refractivity contribution in [2.24, 2.45) is 0 Å². The van der Waals surface area contributed by atoms with Gasteiger partial charge in [0.2, 0.25) is 0 Å². The minimum atomic E-state index is -0.311. The molecule has 5 nitrogen and oxygen atoms in total. The van der Waals surface area contributed by atoms with Crippen LogP contribution in [0.1, 0.15) is 31.1 Å². The Morgan fingerprint density at radius 3 is 2.48 bits per heavy atom. The third kappa shape index (κ3) is 4.42. The summed E-state index contributed by atoms with van der Waals surface area (Å²) in [6.45, 7) is 3.95. The molecule has 0 aliphatic heterocycles. The number of nitrogens with zero attached hydrogens (tertiary/aromatic N) is 3. The number of benzene rings is 2. The van der Waals surface area contributed by atoms with Crippen LogP contribution >= 0.6 is 43.5 Å². The molecular formula is C19H16Br2ClN3O2. The van der Waals surface area contributed by atoms with Crippen LogP contribution in [0, 0.1) is 0 Å². The second-order valence-electron chi connectivity index (χ2n) is 5.85. The van der Waals surface area contributed by atoms with Crippen LogP contribution in [0.2, 0.25) is 5.02 Å². The van der Waals surface area contributed by atoms with E-state index in [4.69, 9.17) is 16.3 Å². The number of halogens is 3. The van der Waals surface area contributed by atoms with Gasteiger partial charge in [0.05, 0.1) is 20.2 Å². The van der Waals surface area contributed by atoms with Gasteiger partial charge in [-0.3, -0.25) is 0 Å². The quantitative estimate of drug-likeness (QED) is 0.445. The minimum Gasteiger partial charge on any atom is -0.506 e. The Balaban J connectivity index is 1.80. The lowest BCUT2D eigenvalue weighted by molar-refractivity contribution is 0.204. The van der Waals surface area contributed by atoms with Crippen LogP contribution in [0.25, 0.3) is 11.3 Å². The van der Waals surface area contributed by atoms with Gasteiger partial charge >= 0.3 is 6.01 Å². The average Bonchev–Trinajstić information content (AvgIpc) is 2.66. The van der Waals surface area contributed by atoms with Gasteiger partial charge in [0.25, 0.3) is 0 Å². The molecule has 1 atom stereocenters. The second-order valence-corrected chi connectivity index (χ2v) is 7.94. The van der Waals surface area contributed by atoms with Crippen molar-refractivity contribution in [3.05, 3.63) is 61.6 Å². The molecule has 0 spiro atoms. The second kappa shape index (κ2) is 8.54. The molecule has 0 amide bonds. The Morgan fingerprint density at radius 1 is 1.19 bits per heavy atom. The van der Waals surface area contributed by atoms with Gasteiger partial charge in [-0.15, -0.1) is 5.10 Å². The number of rotatable bonds is 5. The molecule has 0 radical (unpaired) electrons. The zero-order chi connectivity index (χ0) is 19.6. The number of hydrogen-bond donors (Lipinski definition) is 1. The molecule has 0 aliphatic rings. The summed E-state index contributed by atoms with van der Waals surface area (Å²) in [4.78, 5) is 4.24. The summed E-state index contributed by atoms with van der Waals surface area (Å²) in [5.41, 5.74) is 3.27. The monoisotopic (exact) mass is 511 g/mol. The van der Waals surface area contributed by atoms with Crippen molar-refractivity contribution in [1.29, 1.82) is 0 Å². The molecule has 0 saturated heterocycles. The lowest BCUT2D eigenvalue weighted by Gasteiger charge is -2.16. The van der Waals surface area contributed by atoms with Crippen LogP contribution in [-0.2, 0) is 6.42 Å². The molecule has 1 aromatic heterocycles. The number of phenols is 1. The van der Waals surface area contributed by atoms with Crippen molar-refractivity contribution < 1.29 is 9.84 Å². The van der Waals surface area contributed by atoms with E-state index in [1.54, 1.807) is 18.3 Å². The first kappa shape index (κ1) is 20.0. The Labute approximate surface area is 179 Å². The largest absolute Gasteiger partial charge is 0.506 e. The van der Waals surface area contributed by atoms with E-state index in [0.29, 0.717) is 19.7 Å². The Morgan fingerprint density at radius 2 is 1.89 bits per heavy atom. The summed E-state index contributed by atoms with van der Waals surface area (Å²) in [5.74, 6) is 0.125. The van der Waals surface area contributed by atoms with Crippen LogP contribution in [0.15, 0.2) is 45.5 Å². The van der Waals surface area contributed by atoms with Gasteiger partial charge in [-0.2, -0.15) is 0 Å². The smallest absolute Gasteiger partial charge is 0.336 e. The molecule has 0 fully saturated rings. The Hall–Kier alpha value is -1.70. The highest BCUT2D eigenvalue weighted by atomic mass is 79.9. The van der Waals surface area contributed by atoms with E-state index in [1.165, 1.54) is 0 Å². The SMILES string of the molecule is CCc1cccc(C(C)Oc2ncc(-c3cc(Br)c(O)c(Br)c3)nn2)c1Cl. The van der Waals surface area contributed by atoms with Crippen molar-refractivity contribution >= 4 is 43.5 Å².